The topological polar surface area (TPSA) is 58.3 Å². The largest absolute Gasteiger partial charge is 0.352 e. The molecule has 2 aromatic rings. The highest BCUT2D eigenvalue weighted by Crippen LogP contribution is 2.27. The van der Waals surface area contributed by atoms with Crippen LogP contribution in [-0.4, -0.2) is 41.3 Å². The Morgan fingerprint density at radius 3 is 2.41 bits per heavy atom. The Kier molecular flexibility index (Phi) is 4.40. The third-order valence-corrected chi connectivity index (χ3v) is 4.07. The van der Waals surface area contributed by atoms with E-state index in [1.54, 1.807) is 12.3 Å². The minimum Gasteiger partial charge on any atom is -0.352 e. The van der Waals surface area contributed by atoms with Crippen LogP contribution >= 0.6 is 23.2 Å². The number of nitrogens with zero attached hydrogens (tertiary/aromatic N) is 5. The monoisotopic (exact) mass is 341 g/mol. The van der Waals surface area contributed by atoms with Crippen LogP contribution in [0.1, 0.15) is 25.6 Å². The third kappa shape index (κ3) is 3.13. The first kappa shape index (κ1) is 15.4. The van der Waals surface area contributed by atoms with E-state index in [2.05, 4.69) is 24.9 Å². The number of rotatable bonds is 3. The van der Waals surface area contributed by atoms with Crippen LogP contribution in [0.15, 0.2) is 16.8 Å². The number of aromatic nitrogens is 3. The molecule has 2 aromatic heterocycles. The Morgan fingerprint density at radius 1 is 1.14 bits per heavy atom. The Morgan fingerprint density at radius 2 is 1.82 bits per heavy atom. The van der Waals surface area contributed by atoms with Gasteiger partial charge in [0.15, 0.2) is 5.82 Å². The van der Waals surface area contributed by atoms with Crippen molar-refractivity contribution in [3.63, 3.8) is 0 Å². The molecular formula is C14H17Cl2N5O. The van der Waals surface area contributed by atoms with E-state index >= 15 is 0 Å². The fraction of sp³-hybridized carbons (Fsp3) is 0.500. The molecule has 3 rings (SSSR count). The molecule has 0 atom stereocenters. The Labute approximate surface area is 139 Å². The van der Waals surface area contributed by atoms with E-state index in [1.807, 2.05) is 13.8 Å². The Bertz CT molecular complexity index is 652. The van der Waals surface area contributed by atoms with Gasteiger partial charge in [-0.15, -0.1) is 0 Å². The standard InChI is InChI=1S/C14H17Cl2N5O/c1-9(2)12-18-14(22-19-12)21-5-3-20(4-6-21)13-11(16)7-10(15)8-17-13/h7-9H,3-6H2,1-2H3. The second-order valence-corrected chi connectivity index (χ2v) is 6.37. The van der Waals surface area contributed by atoms with Gasteiger partial charge < -0.3 is 14.3 Å². The number of hydrogen-bond acceptors (Lipinski definition) is 6. The fourth-order valence-corrected chi connectivity index (χ4v) is 2.84. The molecule has 0 spiro atoms. The van der Waals surface area contributed by atoms with Gasteiger partial charge in [0.1, 0.15) is 5.82 Å². The lowest BCUT2D eigenvalue weighted by atomic mass is 10.2. The highest BCUT2D eigenvalue weighted by atomic mass is 35.5. The molecule has 0 N–H and O–H groups in total. The van der Waals surface area contributed by atoms with Crippen LogP contribution in [0.3, 0.4) is 0 Å². The molecule has 22 heavy (non-hydrogen) atoms. The predicted molar refractivity (Wildman–Crippen MR) is 87.1 cm³/mol. The molecule has 8 heteroatoms. The van der Waals surface area contributed by atoms with Crippen LogP contribution in [0, 0.1) is 0 Å². The lowest BCUT2D eigenvalue weighted by Crippen LogP contribution is -2.47. The Balaban J connectivity index is 1.66. The summed E-state index contributed by atoms with van der Waals surface area (Å²) >= 11 is 12.1. The summed E-state index contributed by atoms with van der Waals surface area (Å²) in [5.74, 6) is 1.76. The second kappa shape index (κ2) is 6.30. The molecule has 0 aromatic carbocycles. The van der Waals surface area contributed by atoms with Crippen molar-refractivity contribution in [3.8, 4) is 0 Å². The summed E-state index contributed by atoms with van der Waals surface area (Å²) in [5, 5.41) is 5.11. The van der Waals surface area contributed by atoms with Crippen LogP contribution in [0.5, 0.6) is 0 Å². The maximum Gasteiger partial charge on any atom is 0.324 e. The van der Waals surface area contributed by atoms with Crippen molar-refractivity contribution in [2.24, 2.45) is 0 Å². The molecule has 0 amide bonds. The third-order valence-electron chi connectivity index (χ3n) is 3.59. The summed E-state index contributed by atoms with van der Waals surface area (Å²) in [4.78, 5) is 13.0. The highest BCUT2D eigenvalue weighted by Gasteiger charge is 2.24. The first-order chi connectivity index (χ1) is 10.5. The molecule has 0 aliphatic carbocycles. The van der Waals surface area contributed by atoms with E-state index in [4.69, 9.17) is 27.7 Å². The first-order valence-electron chi connectivity index (χ1n) is 7.19. The van der Waals surface area contributed by atoms with Gasteiger partial charge in [0.05, 0.1) is 10.0 Å². The maximum atomic E-state index is 6.21. The molecule has 0 unspecified atom stereocenters. The zero-order chi connectivity index (χ0) is 15.7. The zero-order valence-electron chi connectivity index (χ0n) is 12.5. The van der Waals surface area contributed by atoms with Gasteiger partial charge in [0.25, 0.3) is 0 Å². The second-order valence-electron chi connectivity index (χ2n) is 5.52. The molecule has 3 heterocycles. The Hall–Kier alpha value is -1.53. The number of anilines is 2. The van der Waals surface area contributed by atoms with Gasteiger partial charge in [-0.3, -0.25) is 0 Å². The summed E-state index contributed by atoms with van der Waals surface area (Å²) in [7, 11) is 0. The minimum atomic E-state index is 0.260. The average molecular weight is 342 g/mol. The fourth-order valence-electron chi connectivity index (χ4n) is 2.34. The maximum absolute atomic E-state index is 6.21. The lowest BCUT2D eigenvalue weighted by Gasteiger charge is -2.34. The normalized spacial score (nSPS) is 15.7. The quantitative estimate of drug-likeness (QED) is 0.854. The van der Waals surface area contributed by atoms with E-state index in [9.17, 15) is 0 Å². The first-order valence-corrected chi connectivity index (χ1v) is 7.94. The van der Waals surface area contributed by atoms with Crippen LogP contribution in [-0.2, 0) is 0 Å². The molecule has 0 bridgehead atoms. The molecule has 118 valence electrons. The average Bonchev–Trinajstić information content (AvgIpc) is 2.98. The summed E-state index contributed by atoms with van der Waals surface area (Å²) in [6.07, 6.45) is 1.61. The molecular weight excluding hydrogens is 325 g/mol. The molecule has 6 nitrogen and oxygen atoms in total. The van der Waals surface area contributed by atoms with E-state index in [1.165, 1.54) is 0 Å². The van der Waals surface area contributed by atoms with Crippen molar-refractivity contribution >= 4 is 35.0 Å². The SMILES string of the molecule is CC(C)c1noc(N2CCN(c3ncc(Cl)cc3Cl)CC2)n1. The summed E-state index contributed by atoms with van der Waals surface area (Å²) < 4.78 is 5.33. The van der Waals surface area contributed by atoms with E-state index in [0.29, 0.717) is 16.1 Å². The summed E-state index contributed by atoms with van der Waals surface area (Å²) in [5.41, 5.74) is 0. The van der Waals surface area contributed by atoms with Crippen molar-refractivity contribution in [2.75, 3.05) is 36.0 Å². The summed E-state index contributed by atoms with van der Waals surface area (Å²) in [6.45, 7) is 7.21. The van der Waals surface area contributed by atoms with Crippen LogP contribution < -0.4 is 9.80 Å². The number of hydrogen-bond donors (Lipinski definition) is 0. The van der Waals surface area contributed by atoms with Gasteiger partial charge in [-0.1, -0.05) is 42.2 Å². The summed E-state index contributed by atoms with van der Waals surface area (Å²) in [6, 6.07) is 2.29. The van der Waals surface area contributed by atoms with E-state index in [0.717, 1.165) is 37.8 Å². The lowest BCUT2D eigenvalue weighted by molar-refractivity contribution is 0.400. The van der Waals surface area contributed by atoms with Gasteiger partial charge >= 0.3 is 6.01 Å². The zero-order valence-corrected chi connectivity index (χ0v) is 14.0. The van der Waals surface area contributed by atoms with Crippen LogP contribution in [0.25, 0.3) is 0 Å². The number of pyridine rings is 1. The van der Waals surface area contributed by atoms with Gasteiger partial charge in [-0.25, -0.2) is 4.98 Å². The van der Waals surface area contributed by atoms with Gasteiger partial charge in [0.2, 0.25) is 0 Å². The van der Waals surface area contributed by atoms with Crippen molar-refractivity contribution in [1.29, 1.82) is 0 Å². The van der Waals surface area contributed by atoms with Crippen molar-refractivity contribution in [2.45, 2.75) is 19.8 Å². The minimum absolute atomic E-state index is 0.260. The highest BCUT2D eigenvalue weighted by molar-refractivity contribution is 6.36. The number of halogens is 2. The molecule has 1 saturated heterocycles. The smallest absolute Gasteiger partial charge is 0.324 e. The molecule has 0 radical (unpaired) electrons. The van der Waals surface area contributed by atoms with E-state index < -0.39 is 0 Å². The molecule has 1 aliphatic heterocycles. The molecule has 1 aliphatic rings. The van der Waals surface area contributed by atoms with Gasteiger partial charge in [0, 0.05) is 38.3 Å². The molecule has 1 fully saturated rings. The van der Waals surface area contributed by atoms with Crippen molar-refractivity contribution in [1.82, 2.24) is 15.1 Å². The number of piperazine rings is 1. The van der Waals surface area contributed by atoms with Crippen LogP contribution in [0.2, 0.25) is 10.0 Å². The van der Waals surface area contributed by atoms with Gasteiger partial charge in [-0.2, -0.15) is 4.98 Å². The van der Waals surface area contributed by atoms with Gasteiger partial charge in [-0.05, 0) is 6.07 Å². The van der Waals surface area contributed by atoms with E-state index in [-0.39, 0.29) is 5.92 Å². The van der Waals surface area contributed by atoms with Crippen molar-refractivity contribution in [3.05, 3.63) is 28.1 Å². The molecule has 0 saturated carbocycles. The van der Waals surface area contributed by atoms with Crippen LogP contribution in [0.4, 0.5) is 11.8 Å². The predicted octanol–water partition coefficient (Wildman–Crippen LogP) is 3.22. The van der Waals surface area contributed by atoms with Crippen molar-refractivity contribution < 1.29 is 4.52 Å².